The second kappa shape index (κ2) is 12.3. The smallest absolute Gasteiger partial charge is 0.434 e. The molecule has 0 amide bonds. The van der Waals surface area contributed by atoms with E-state index in [2.05, 4.69) is 6.92 Å². The number of benzene rings is 2. The molecule has 0 fully saturated rings. The Balaban J connectivity index is 1.54. The minimum atomic E-state index is -0.614. The molecule has 2 aromatic carbocycles. The van der Waals surface area contributed by atoms with Crippen molar-refractivity contribution in [2.75, 3.05) is 6.61 Å². The van der Waals surface area contributed by atoms with Crippen molar-refractivity contribution in [1.29, 1.82) is 0 Å². The average Bonchev–Trinajstić information content (AvgIpc) is 2.66. The first-order valence-electron chi connectivity index (χ1n) is 10.1. The molecule has 0 aliphatic rings. The molecule has 0 heterocycles. The van der Waals surface area contributed by atoms with Gasteiger partial charge in [-0.05, 0) is 17.9 Å². The van der Waals surface area contributed by atoms with Crippen molar-refractivity contribution in [3.05, 3.63) is 42.5 Å². The van der Waals surface area contributed by atoms with Crippen molar-refractivity contribution < 1.29 is 14.3 Å². The number of fused-ring (bicyclic) bond motifs is 1. The summed E-state index contributed by atoms with van der Waals surface area (Å²) < 4.78 is 10.6. The number of hydrogen-bond donors (Lipinski definition) is 0. The summed E-state index contributed by atoms with van der Waals surface area (Å²) in [4.78, 5) is 11.9. The summed E-state index contributed by atoms with van der Waals surface area (Å²) in [7, 11) is 0. The predicted molar refractivity (Wildman–Crippen MR) is 108 cm³/mol. The number of hydrogen-bond acceptors (Lipinski definition) is 3. The summed E-state index contributed by atoms with van der Waals surface area (Å²) >= 11 is 0. The highest BCUT2D eigenvalue weighted by Crippen LogP contribution is 2.25. The quantitative estimate of drug-likeness (QED) is 0.228. The predicted octanol–water partition coefficient (Wildman–Crippen LogP) is 7.28. The van der Waals surface area contributed by atoms with Gasteiger partial charge in [-0.3, -0.25) is 0 Å². The van der Waals surface area contributed by atoms with Crippen LogP contribution >= 0.6 is 0 Å². The van der Waals surface area contributed by atoms with E-state index in [-0.39, 0.29) is 0 Å². The summed E-state index contributed by atoms with van der Waals surface area (Å²) in [6.45, 7) is 2.68. The summed E-state index contributed by atoms with van der Waals surface area (Å²) in [5, 5.41) is 1.97. The number of carbonyl (C=O) groups is 1. The summed E-state index contributed by atoms with van der Waals surface area (Å²) in [5.74, 6) is 0.552. The lowest BCUT2D eigenvalue weighted by atomic mass is 10.1. The van der Waals surface area contributed by atoms with Crippen LogP contribution < -0.4 is 4.74 Å². The van der Waals surface area contributed by atoms with E-state index in [1.54, 1.807) is 6.07 Å². The highest BCUT2D eigenvalue weighted by molar-refractivity contribution is 5.89. The van der Waals surface area contributed by atoms with Gasteiger partial charge in [-0.1, -0.05) is 101 Å². The van der Waals surface area contributed by atoms with Gasteiger partial charge in [0, 0.05) is 5.39 Å². The van der Waals surface area contributed by atoms with E-state index < -0.39 is 6.16 Å². The molecule has 0 N–H and O–H groups in total. The fourth-order valence-electron chi connectivity index (χ4n) is 3.15. The monoisotopic (exact) mass is 356 g/mol. The lowest BCUT2D eigenvalue weighted by Crippen LogP contribution is -2.11. The summed E-state index contributed by atoms with van der Waals surface area (Å²) in [6.07, 6.45) is 12.0. The van der Waals surface area contributed by atoms with Crippen molar-refractivity contribution in [2.45, 2.75) is 71.1 Å². The first kappa shape index (κ1) is 20.3. The molecule has 0 saturated heterocycles. The Morgan fingerprint density at radius 2 is 1.38 bits per heavy atom. The van der Waals surface area contributed by atoms with Crippen molar-refractivity contribution in [1.82, 2.24) is 0 Å². The number of ether oxygens (including phenoxy) is 2. The molecule has 26 heavy (non-hydrogen) atoms. The van der Waals surface area contributed by atoms with Crippen LogP contribution in [0.15, 0.2) is 42.5 Å². The Bertz CT molecular complexity index is 645. The molecule has 3 nitrogen and oxygen atoms in total. The maximum atomic E-state index is 11.9. The maximum Gasteiger partial charge on any atom is 0.513 e. The molecule has 0 radical (unpaired) electrons. The lowest BCUT2D eigenvalue weighted by molar-refractivity contribution is 0.0978. The van der Waals surface area contributed by atoms with E-state index in [4.69, 9.17) is 9.47 Å². The first-order chi connectivity index (χ1) is 12.8. The molecular weight excluding hydrogens is 324 g/mol. The van der Waals surface area contributed by atoms with Crippen molar-refractivity contribution in [3.63, 3.8) is 0 Å². The summed E-state index contributed by atoms with van der Waals surface area (Å²) in [6, 6.07) is 13.5. The van der Waals surface area contributed by atoms with Gasteiger partial charge in [0.1, 0.15) is 5.75 Å². The van der Waals surface area contributed by atoms with Crippen LogP contribution in [0.1, 0.15) is 71.1 Å². The SMILES string of the molecule is CCCCCCCCCCCCOC(=O)Oc1cccc2ccccc12. The Morgan fingerprint density at radius 3 is 2.12 bits per heavy atom. The third-order valence-electron chi connectivity index (χ3n) is 4.66. The summed E-state index contributed by atoms with van der Waals surface area (Å²) in [5.41, 5.74) is 0. The molecule has 0 bridgehead atoms. The van der Waals surface area contributed by atoms with E-state index in [9.17, 15) is 4.79 Å². The van der Waals surface area contributed by atoms with Crippen LogP contribution in [0.5, 0.6) is 5.75 Å². The molecular formula is C23H32O3. The number of carbonyl (C=O) groups excluding carboxylic acids is 1. The van der Waals surface area contributed by atoms with E-state index in [1.807, 2.05) is 36.4 Å². The third kappa shape index (κ3) is 7.47. The molecule has 142 valence electrons. The van der Waals surface area contributed by atoms with E-state index >= 15 is 0 Å². The van der Waals surface area contributed by atoms with Crippen LogP contribution in [0, 0.1) is 0 Å². The van der Waals surface area contributed by atoms with Gasteiger partial charge in [0.05, 0.1) is 6.61 Å². The molecule has 0 atom stereocenters. The van der Waals surface area contributed by atoms with E-state index in [0.29, 0.717) is 12.4 Å². The molecule has 0 saturated carbocycles. The Labute approximate surface area is 157 Å². The van der Waals surface area contributed by atoms with Crippen molar-refractivity contribution in [3.8, 4) is 5.75 Å². The lowest BCUT2D eigenvalue weighted by Gasteiger charge is -2.08. The Kier molecular flexibility index (Phi) is 9.63. The fraction of sp³-hybridized carbons (Fsp3) is 0.522. The second-order valence-corrected chi connectivity index (χ2v) is 6.86. The second-order valence-electron chi connectivity index (χ2n) is 6.86. The standard InChI is InChI=1S/C23H32O3/c1-2-3-4-5-6-7-8-9-10-13-19-25-23(24)26-22-18-14-16-20-15-11-12-17-21(20)22/h11-12,14-18H,2-10,13,19H2,1H3. The number of unbranched alkanes of at least 4 members (excludes halogenated alkanes) is 9. The van der Waals surface area contributed by atoms with Crippen LogP contribution in [-0.4, -0.2) is 12.8 Å². The van der Waals surface area contributed by atoms with Crippen molar-refractivity contribution in [2.24, 2.45) is 0 Å². The molecule has 0 unspecified atom stereocenters. The normalized spacial score (nSPS) is 10.8. The zero-order valence-corrected chi connectivity index (χ0v) is 16.0. The highest BCUT2D eigenvalue weighted by Gasteiger charge is 2.08. The van der Waals surface area contributed by atoms with Crippen LogP contribution in [0.25, 0.3) is 10.8 Å². The van der Waals surface area contributed by atoms with Crippen LogP contribution in [0.4, 0.5) is 4.79 Å². The van der Waals surface area contributed by atoms with Gasteiger partial charge in [-0.2, -0.15) is 0 Å². The largest absolute Gasteiger partial charge is 0.513 e. The van der Waals surface area contributed by atoms with Gasteiger partial charge >= 0.3 is 6.16 Å². The number of rotatable bonds is 12. The van der Waals surface area contributed by atoms with Gasteiger partial charge in [0.15, 0.2) is 0 Å². The first-order valence-corrected chi connectivity index (χ1v) is 10.1. The van der Waals surface area contributed by atoms with Gasteiger partial charge < -0.3 is 9.47 Å². The molecule has 0 aliphatic heterocycles. The molecule has 3 heteroatoms. The maximum absolute atomic E-state index is 11.9. The minimum Gasteiger partial charge on any atom is -0.434 e. The molecule has 0 spiro atoms. The zero-order chi connectivity index (χ0) is 18.5. The third-order valence-corrected chi connectivity index (χ3v) is 4.66. The molecule has 2 aromatic rings. The fourth-order valence-corrected chi connectivity index (χ4v) is 3.15. The van der Waals surface area contributed by atoms with Crippen LogP contribution in [-0.2, 0) is 4.74 Å². The minimum absolute atomic E-state index is 0.431. The topological polar surface area (TPSA) is 35.5 Å². The van der Waals surface area contributed by atoms with Gasteiger partial charge in [-0.15, -0.1) is 0 Å². The molecule has 0 aromatic heterocycles. The van der Waals surface area contributed by atoms with Crippen LogP contribution in [0.3, 0.4) is 0 Å². The average molecular weight is 357 g/mol. The Hall–Kier alpha value is -2.03. The van der Waals surface area contributed by atoms with Gasteiger partial charge in [0.25, 0.3) is 0 Å². The molecule has 0 aliphatic carbocycles. The Morgan fingerprint density at radius 1 is 0.769 bits per heavy atom. The van der Waals surface area contributed by atoms with E-state index in [0.717, 1.165) is 23.6 Å². The van der Waals surface area contributed by atoms with E-state index in [1.165, 1.54) is 51.4 Å². The highest BCUT2D eigenvalue weighted by atomic mass is 16.7. The van der Waals surface area contributed by atoms with Crippen molar-refractivity contribution >= 4 is 16.9 Å². The van der Waals surface area contributed by atoms with Gasteiger partial charge in [0.2, 0.25) is 0 Å². The van der Waals surface area contributed by atoms with Crippen LogP contribution in [0.2, 0.25) is 0 Å². The molecule has 2 rings (SSSR count). The zero-order valence-electron chi connectivity index (χ0n) is 16.0. The van der Waals surface area contributed by atoms with Gasteiger partial charge in [-0.25, -0.2) is 4.79 Å².